The van der Waals surface area contributed by atoms with Crippen LogP contribution < -0.4 is 0 Å². The first kappa shape index (κ1) is 17.3. The summed E-state index contributed by atoms with van der Waals surface area (Å²) in [5, 5.41) is 8.60. The zero-order chi connectivity index (χ0) is 13.3. The molecule has 0 radical (unpaired) electrons. The minimum atomic E-state index is 0.302. The third kappa shape index (κ3) is 15.3. The van der Waals surface area contributed by atoms with E-state index >= 15 is 0 Å². The lowest BCUT2D eigenvalue weighted by Gasteiger charge is -2.00. The van der Waals surface area contributed by atoms with Crippen molar-refractivity contribution in [3.63, 3.8) is 0 Å². The lowest BCUT2D eigenvalue weighted by atomic mass is 10.1. The number of aliphatic hydroxyl groups is 1. The van der Waals surface area contributed by atoms with Crippen molar-refractivity contribution in [1.29, 1.82) is 0 Å². The van der Waals surface area contributed by atoms with Crippen LogP contribution in [0.4, 0.5) is 0 Å². The highest BCUT2D eigenvalue weighted by Gasteiger charge is 1.89. The van der Waals surface area contributed by atoms with Gasteiger partial charge in [-0.1, -0.05) is 31.4 Å². The zero-order valence-electron chi connectivity index (χ0n) is 11.5. The number of aldehydes is 1. The molecule has 0 aromatic carbocycles. The molecule has 0 unspecified atom stereocenters. The van der Waals surface area contributed by atoms with E-state index in [2.05, 4.69) is 12.2 Å². The predicted octanol–water partition coefficient (Wildman–Crippen LogP) is 3.26. The number of carbonyl (C=O) groups is 1. The molecule has 0 aromatic heterocycles. The first-order valence-corrected chi connectivity index (χ1v) is 7.19. The van der Waals surface area contributed by atoms with Gasteiger partial charge in [-0.05, 0) is 32.1 Å². The number of aliphatic hydroxyl groups excluding tert-OH is 1. The van der Waals surface area contributed by atoms with E-state index in [1.165, 1.54) is 0 Å². The molecule has 3 heteroatoms. The van der Waals surface area contributed by atoms with Crippen LogP contribution in [-0.2, 0) is 9.53 Å². The van der Waals surface area contributed by atoms with Gasteiger partial charge in [0.1, 0.15) is 6.29 Å². The molecule has 3 nitrogen and oxygen atoms in total. The van der Waals surface area contributed by atoms with Crippen molar-refractivity contribution in [2.75, 3.05) is 19.8 Å². The molecular formula is C15H28O3. The number of carbonyl (C=O) groups excluding carboxylic acids is 1. The first-order valence-electron chi connectivity index (χ1n) is 7.19. The summed E-state index contributed by atoms with van der Waals surface area (Å²) in [5.74, 6) is 0. The van der Waals surface area contributed by atoms with Crippen LogP contribution in [0.1, 0.15) is 57.8 Å². The van der Waals surface area contributed by atoms with E-state index in [0.29, 0.717) is 19.6 Å². The fourth-order valence-corrected chi connectivity index (χ4v) is 1.67. The van der Waals surface area contributed by atoms with Gasteiger partial charge in [-0.2, -0.15) is 0 Å². The average Bonchev–Trinajstić information content (AvgIpc) is 2.39. The molecule has 0 heterocycles. The fourth-order valence-electron chi connectivity index (χ4n) is 1.67. The average molecular weight is 256 g/mol. The van der Waals surface area contributed by atoms with E-state index in [9.17, 15) is 4.79 Å². The van der Waals surface area contributed by atoms with Crippen LogP contribution in [0.15, 0.2) is 12.2 Å². The van der Waals surface area contributed by atoms with Gasteiger partial charge in [-0.25, -0.2) is 0 Å². The van der Waals surface area contributed by atoms with E-state index < -0.39 is 0 Å². The molecule has 0 aliphatic heterocycles. The molecule has 0 aromatic rings. The molecule has 18 heavy (non-hydrogen) atoms. The van der Waals surface area contributed by atoms with Crippen molar-refractivity contribution >= 4 is 6.29 Å². The fraction of sp³-hybridized carbons (Fsp3) is 0.800. The summed E-state index contributed by atoms with van der Waals surface area (Å²) in [6.07, 6.45) is 14.5. The van der Waals surface area contributed by atoms with Crippen LogP contribution in [0.5, 0.6) is 0 Å². The third-order valence-electron chi connectivity index (χ3n) is 2.77. The molecule has 0 amide bonds. The van der Waals surface area contributed by atoms with Crippen molar-refractivity contribution in [2.45, 2.75) is 57.8 Å². The van der Waals surface area contributed by atoms with Crippen molar-refractivity contribution < 1.29 is 14.6 Å². The van der Waals surface area contributed by atoms with Crippen LogP contribution in [0.2, 0.25) is 0 Å². The van der Waals surface area contributed by atoms with Gasteiger partial charge in [0.25, 0.3) is 0 Å². The first-order chi connectivity index (χ1) is 8.91. The topological polar surface area (TPSA) is 46.5 Å². The molecule has 0 aliphatic carbocycles. The second-order valence-corrected chi connectivity index (χ2v) is 4.49. The van der Waals surface area contributed by atoms with Gasteiger partial charge in [-0.3, -0.25) is 0 Å². The van der Waals surface area contributed by atoms with E-state index in [1.54, 1.807) is 0 Å². The Kier molecular flexibility index (Phi) is 15.7. The molecule has 0 fully saturated rings. The van der Waals surface area contributed by atoms with E-state index in [4.69, 9.17) is 9.84 Å². The van der Waals surface area contributed by atoms with Gasteiger partial charge >= 0.3 is 0 Å². The molecule has 1 N–H and O–H groups in total. The van der Waals surface area contributed by atoms with Gasteiger partial charge in [0, 0.05) is 19.6 Å². The van der Waals surface area contributed by atoms with Crippen LogP contribution in [0.3, 0.4) is 0 Å². The van der Waals surface area contributed by atoms with Crippen molar-refractivity contribution in [2.24, 2.45) is 0 Å². The van der Waals surface area contributed by atoms with Crippen molar-refractivity contribution in [1.82, 2.24) is 0 Å². The number of rotatable bonds is 14. The summed E-state index contributed by atoms with van der Waals surface area (Å²) >= 11 is 0. The summed E-state index contributed by atoms with van der Waals surface area (Å²) < 4.78 is 5.46. The Morgan fingerprint density at radius 3 is 2.33 bits per heavy atom. The summed E-state index contributed by atoms with van der Waals surface area (Å²) in [6.45, 7) is 1.82. The predicted molar refractivity (Wildman–Crippen MR) is 74.7 cm³/mol. The summed E-state index contributed by atoms with van der Waals surface area (Å²) in [5.41, 5.74) is 0. The van der Waals surface area contributed by atoms with Crippen LogP contribution in [0, 0.1) is 0 Å². The Labute approximate surface area is 111 Å². The minimum Gasteiger partial charge on any atom is -0.396 e. The van der Waals surface area contributed by atoms with Crippen molar-refractivity contribution in [3.8, 4) is 0 Å². The standard InChI is InChI=1S/C15H28O3/c16-12-8-4-2-1-3-6-10-14-18-15-11-7-5-9-13-17/h6,10,12,17H,1-5,7-9,11,13-15H2. The maximum Gasteiger partial charge on any atom is 0.119 e. The Hall–Kier alpha value is -0.670. The van der Waals surface area contributed by atoms with Crippen LogP contribution in [0.25, 0.3) is 0 Å². The lowest BCUT2D eigenvalue weighted by Crippen LogP contribution is -1.94. The number of allylic oxidation sites excluding steroid dienone is 1. The quantitative estimate of drug-likeness (QED) is 0.295. The number of hydrogen-bond acceptors (Lipinski definition) is 3. The van der Waals surface area contributed by atoms with Crippen molar-refractivity contribution in [3.05, 3.63) is 12.2 Å². The summed E-state index contributed by atoms with van der Waals surface area (Å²) in [6, 6.07) is 0. The lowest BCUT2D eigenvalue weighted by molar-refractivity contribution is -0.107. The van der Waals surface area contributed by atoms with Gasteiger partial charge < -0.3 is 14.6 Å². The van der Waals surface area contributed by atoms with E-state index in [1.807, 2.05) is 0 Å². The number of ether oxygens (including phenoxy) is 1. The molecule has 0 bridgehead atoms. The Morgan fingerprint density at radius 2 is 1.56 bits per heavy atom. The molecule has 0 aliphatic rings. The van der Waals surface area contributed by atoms with Gasteiger partial charge in [0.15, 0.2) is 0 Å². The van der Waals surface area contributed by atoms with E-state index in [0.717, 1.165) is 64.3 Å². The summed E-state index contributed by atoms with van der Waals surface area (Å²) in [4.78, 5) is 10.1. The Bertz CT molecular complexity index is 190. The second kappa shape index (κ2) is 16.3. The minimum absolute atomic E-state index is 0.302. The highest BCUT2D eigenvalue weighted by molar-refractivity contribution is 5.48. The third-order valence-corrected chi connectivity index (χ3v) is 2.77. The molecule has 106 valence electrons. The number of hydrogen-bond donors (Lipinski definition) is 1. The maximum atomic E-state index is 10.1. The molecular weight excluding hydrogens is 228 g/mol. The highest BCUT2D eigenvalue weighted by Crippen LogP contribution is 2.02. The monoisotopic (exact) mass is 256 g/mol. The molecule has 0 rings (SSSR count). The SMILES string of the molecule is O=CCCCCCC=CCOCCCCCCO. The normalized spacial score (nSPS) is 11.2. The molecule has 0 saturated carbocycles. The Morgan fingerprint density at radius 1 is 0.833 bits per heavy atom. The van der Waals surface area contributed by atoms with Gasteiger partial charge in [-0.15, -0.1) is 0 Å². The number of unbranched alkanes of at least 4 members (excludes halogenated alkanes) is 7. The highest BCUT2D eigenvalue weighted by atomic mass is 16.5. The summed E-state index contributed by atoms with van der Waals surface area (Å²) in [7, 11) is 0. The second-order valence-electron chi connectivity index (χ2n) is 4.49. The van der Waals surface area contributed by atoms with Gasteiger partial charge in [0.05, 0.1) is 6.61 Å². The Balaban J connectivity index is 3.02. The maximum absolute atomic E-state index is 10.1. The van der Waals surface area contributed by atoms with Crippen LogP contribution >= 0.6 is 0 Å². The smallest absolute Gasteiger partial charge is 0.119 e. The molecule has 0 spiro atoms. The van der Waals surface area contributed by atoms with Gasteiger partial charge in [0.2, 0.25) is 0 Å². The molecule has 0 atom stereocenters. The van der Waals surface area contributed by atoms with Crippen LogP contribution in [-0.4, -0.2) is 31.2 Å². The zero-order valence-corrected chi connectivity index (χ0v) is 11.5. The van der Waals surface area contributed by atoms with E-state index in [-0.39, 0.29) is 0 Å². The largest absolute Gasteiger partial charge is 0.396 e. The molecule has 0 saturated heterocycles.